The Morgan fingerprint density at radius 3 is 2.36 bits per heavy atom. The molecule has 0 bridgehead atoms. The lowest BCUT2D eigenvalue weighted by molar-refractivity contribution is -0.113. The molecule has 0 aliphatic carbocycles. The van der Waals surface area contributed by atoms with E-state index in [1.54, 1.807) is 24.3 Å². The Morgan fingerprint density at radius 2 is 1.72 bits per heavy atom. The number of phenols is 1. The summed E-state index contributed by atoms with van der Waals surface area (Å²) in [5.41, 5.74) is 3.96. The van der Waals surface area contributed by atoms with Crippen LogP contribution in [0.4, 0.5) is 5.69 Å². The van der Waals surface area contributed by atoms with Gasteiger partial charge in [-0.2, -0.15) is 0 Å². The quantitative estimate of drug-likeness (QED) is 0.638. The first kappa shape index (κ1) is 17.0. The monoisotopic (exact) mass is 353 g/mol. The van der Waals surface area contributed by atoms with Crippen LogP contribution < -0.4 is 16.0 Å². The summed E-state index contributed by atoms with van der Waals surface area (Å²) in [5.74, 6) is -0.0338. The van der Waals surface area contributed by atoms with E-state index in [0.717, 1.165) is 16.8 Å². The first-order valence-corrected chi connectivity index (χ1v) is 8.30. The fourth-order valence-corrected chi connectivity index (χ4v) is 3.02. The minimum absolute atomic E-state index is 0.173. The molecule has 0 fully saturated rings. The number of thiocarbonyl (C=S) groups is 1. The highest BCUT2D eigenvalue weighted by Gasteiger charge is 2.29. The fraction of sp³-hybridized carbons (Fsp3) is 0.158. The van der Waals surface area contributed by atoms with Crippen LogP contribution >= 0.6 is 12.2 Å². The molecular weight excluding hydrogens is 334 g/mol. The number of allylic oxidation sites excluding steroid dienone is 1. The van der Waals surface area contributed by atoms with Crippen molar-refractivity contribution in [2.45, 2.75) is 19.9 Å². The highest BCUT2D eigenvalue weighted by Crippen LogP contribution is 2.28. The van der Waals surface area contributed by atoms with E-state index < -0.39 is 0 Å². The summed E-state index contributed by atoms with van der Waals surface area (Å²) >= 11 is 5.23. The molecular formula is C19H19N3O2S. The van der Waals surface area contributed by atoms with Gasteiger partial charge in [-0.15, -0.1) is 0 Å². The smallest absolute Gasteiger partial charge is 0.255 e. The summed E-state index contributed by atoms with van der Waals surface area (Å²) in [4.78, 5) is 12.9. The van der Waals surface area contributed by atoms with Crippen molar-refractivity contribution in [2.75, 3.05) is 5.32 Å². The number of anilines is 1. The predicted molar refractivity (Wildman–Crippen MR) is 102 cm³/mol. The Kier molecular flexibility index (Phi) is 4.72. The molecule has 1 aliphatic heterocycles. The lowest BCUT2D eigenvalue weighted by atomic mass is 9.95. The highest BCUT2D eigenvalue weighted by atomic mass is 32.1. The largest absolute Gasteiger partial charge is 0.508 e. The van der Waals surface area contributed by atoms with Gasteiger partial charge in [0.1, 0.15) is 5.75 Å². The van der Waals surface area contributed by atoms with Crippen molar-refractivity contribution in [2.24, 2.45) is 0 Å². The summed E-state index contributed by atoms with van der Waals surface area (Å²) in [7, 11) is 0. The molecule has 0 aromatic heterocycles. The average molecular weight is 353 g/mol. The van der Waals surface area contributed by atoms with Crippen LogP contribution in [0, 0.1) is 6.92 Å². The number of hydrogen-bond acceptors (Lipinski definition) is 3. The van der Waals surface area contributed by atoms with Crippen LogP contribution in [0.5, 0.6) is 5.75 Å². The Bertz CT molecular complexity index is 842. The second-order valence-corrected chi connectivity index (χ2v) is 6.39. The number of carbonyl (C=O) groups is 1. The van der Waals surface area contributed by atoms with E-state index in [-0.39, 0.29) is 17.7 Å². The molecule has 5 nitrogen and oxygen atoms in total. The zero-order valence-electron chi connectivity index (χ0n) is 14.0. The lowest BCUT2D eigenvalue weighted by Crippen LogP contribution is -2.45. The van der Waals surface area contributed by atoms with Crippen molar-refractivity contribution < 1.29 is 9.90 Å². The number of benzene rings is 2. The molecule has 4 N–H and O–H groups in total. The number of carbonyl (C=O) groups excluding carboxylic acids is 1. The highest BCUT2D eigenvalue weighted by molar-refractivity contribution is 7.80. The van der Waals surface area contributed by atoms with Crippen LogP contribution in [-0.4, -0.2) is 16.1 Å². The maximum Gasteiger partial charge on any atom is 0.255 e. The van der Waals surface area contributed by atoms with Crippen LogP contribution in [0.1, 0.15) is 24.1 Å². The van der Waals surface area contributed by atoms with E-state index in [0.29, 0.717) is 16.4 Å². The topological polar surface area (TPSA) is 73.4 Å². The molecule has 1 heterocycles. The molecule has 2 aromatic carbocycles. The van der Waals surface area contributed by atoms with Gasteiger partial charge in [0.2, 0.25) is 0 Å². The molecule has 0 saturated carbocycles. The van der Waals surface area contributed by atoms with E-state index in [4.69, 9.17) is 12.2 Å². The number of aryl methyl sites for hydroxylation is 1. The van der Waals surface area contributed by atoms with E-state index in [9.17, 15) is 9.90 Å². The zero-order valence-corrected chi connectivity index (χ0v) is 14.8. The maximum atomic E-state index is 12.9. The van der Waals surface area contributed by atoms with Crippen molar-refractivity contribution in [3.8, 4) is 5.75 Å². The van der Waals surface area contributed by atoms with E-state index >= 15 is 0 Å². The third-order valence-electron chi connectivity index (χ3n) is 4.05. The molecule has 0 unspecified atom stereocenters. The van der Waals surface area contributed by atoms with Gasteiger partial charge in [0, 0.05) is 11.4 Å². The lowest BCUT2D eigenvalue weighted by Gasteiger charge is -2.30. The van der Waals surface area contributed by atoms with Gasteiger partial charge in [0.25, 0.3) is 5.91 Å². The Hall–Kier alpha value is -2.86. The Labute approximate surface area is 151 Å². The second kappa shape index (κ2) is 6.94. The van der Waals surface area contributed by atoms with Gasteiger partial charge in [-0.05, 0) is 55.9 Å². The minimum Gasteiger partial charge on any atom is -0.508 e. The molecule has 25 heavy (non-hydrogen) atoms. The molecule has 0 radical (unpaired) electrons. The van der Waals surface area contributed by atoms with E-state index in [1.807, 2.05) is 38.1 Å². The van der Waals surface area contributed by atoms with Crippen LogP contribution in [0.15, 0.2) is 59.8 Å². The first-order valence-electron chi connectivity index (χ1n) is 7.89. The summed E-state index contributed by atoms with van der Waals surface area (Å²) in [6.45, 7) is 3.82. The number of hydrogen-bond donors (Lipinski definition) is 4. The van der Waals surface area contributed by atoms with E-state index in [2.05, 4.69) is 16.0 Å². The third kappa shape index (κ3) is 3.80. The zero-order chi connectivity index (χ0) is 18.0. The number of phenolic OH excluding ortho intramolecular Hbond substituents is 1. The second-order valence-electron chi connectivity index (χ2n) is 5.98. The van der Waals surface area contributed by atoms with Crippen molar-refractivity contribution in [1.82, 2.24) is 10.6 Å². The summed E-state index contributed by atoms with van der Waals surface area (Å²) in [6, 6.07) is 14.0. The van der Waals surface area contributed by atoms with Gasteiger partial charge in [-0.25, -0.2) is 0 Å². The predicted octanol–water partition coefficient (Wildman–Crippen LogP) is 3.13. The summed E-state index contributed by atoms with van der Waals surface area (Å²) in [5, 5.41) is 19.0. The maximum absolute atomic E-state index is 12.9. The minimum atomic E-state index is -0.389. The van der Waals surface area contributed by atoms with Crippen molar-refractivity contribution >= 4 is 28.9 Å². The molecule has 6 heteroatoms. The molecule has 1 amide bonds. The normalized spacial score (nSPS) is 16.9. The van der Waals surface area contributed by atoms with Crippen LogP contribution in [0.2, 0.25) is 0 Å². The van der Waals surface area contributed by atoms with Crippen molar-refractivity contribution in [3.63, 3.8) is 0 Å². The molecule has 2 aromatic rings. The molecule has 3 rings (SSSR count). The van der Waals surface area contributed by atoms with E-state index in [1.165, 1.54) is 0 Å². The molecule has 1 atom stereocenters. The van der Waals surface area contributed by atoms with Crippen LogP contribution in [-0.2, 0) is 4.79 Å². The SMILES string of the molecule is CC1=C(C(=O)Nc2ccc(C)cc2)[C@@H](c2ccc(O)cc2)NC(=S)N1. The van der Waals surface area contributed by atoms with Gasteiger partial charge in [-0.3, -0.25) is 4.79 Å². The van der Waals surface area contributed by atoms with Crippen molar-refractivity contribution in [1.29, 1.82) is 0 Å². The number of aromatic hydroxyl groups is 1. The molecule has 1 aliphatic rings. The standard InChI is InChI=1S/C19H19N3O2S/c1-11-3-7-14(8-4-11)21-18(24)16-12(2)20-19(25)22-17(16)13-5-9-15(23)10-6-13/h3-10,17,23H,1-2H3,(H,21,24)(H2,20,22,25)/t17-/m1/s1. The van der Waals surface area contributed by atoms with Gasteiger partial charge in [-0.1, -0.05) is 29.8 Å². The first-order chi connectivity index (χ1) is 11.9. The molecule has 0 spiro atoms. The van der Waals surface area contributed by atoms with Crippen molar-refractivity contribution in [3.05, 3.63) is 70.9 Å². The average Bonchev–Trinajstić information content (AvgIpc) is 2.57. The van der Waals surface area contributed by atoms with Crippen LogP contribution in [0.3, 0.4) is 0 Å². The third-order valence-corrected chi connectivity index (χ3v) is 4.27. The van der Waals surface area contributed by atoms with Gasteiger partial charge >= 0.3 is 0 Å². The number of rotatable bonds is 3. The Morgan fingerprint density at radius 1 is 1.08 bits per heavy atom. The van der Waals surface area contributed by atoms with Gasteiger partial charge in [0.05, 0.1) is 11.6 Å². The molecule has 0 saturated heterocycles. The molecule has 128 valence electrons. The Balaban J connectivity index is 1.92. The van der Waals surface area contributed by atoms with Gasteiger partial charge < -0.3 is 21.1 Å². The van der Waals surface area contributed by atoms with Gasteiger partial charge in [0.15, 0.2) is 5.11 Å². The number of amides is 1. The van der Waals surface area contributed by atoms with Crippen LogP contribution in [0.25, 0.3) is 0 Å². The summed E-state index contributed by atoms with van der Waals surface area (Å²) < 4.78 is 0. The summed E-state index contributed by atoms with van der Waals surface area (Å²) in [6.07, 6.45) is 0. The fourth-order valence-electron chi connectivity index (χ4n) is 2.75. The number of nitrogens with one attached hydrogen (secondary N) is 3.